The van der Waals surface area contributed by atoms with Crippen LogP contribution in [0.2, 0.25) is 0 Å². The Hall–Kier alpha value is -0.0800. The van der Waals surface area contributed by atoms with Crippen molar-refractivity contribution in [2.24, 2.45) is 0 Å². The molecule has 0 saturated carbocycles. The van der Waals surface area contributed by atoms with Crippen LogP contribution in [-0.2, 0) is 16.6 Å². The van der Waals surface area contributed by atoms with Gasteiger partial charge in [-0.25, -0.2) is 13.1 Å². The summed E-state index contributed by atoms with van der Waals surface area (Å²) in [4.78, 5) is 0.726. The van der Waals surface area contributed by atoms with Crippen molar-refractivity contribution in [3.63, 3.8) is 0 Å². The van der Waals surface area contributed by atoms with Crippen LogP contribution in [0.25, 0.3) is 0 Å². The highest BCUT2D eigenvalue weighted by atomic mass is 32.2. The molecule has 1 atom stereocenters. The van der Waals surface area contributed by atoms with E-state index in [1.54, 1.807) is 24.1 Å². The second-order valence-electron chi connectivity index (χ2n) is 3.81. The number of hydrogen-bond acceptors (Lipinski definition) is 5. The molecule has 98 valence electrons. The van der Waals surface area contributed by atoms with Gasteiger partial charge in [-0.05, 0) is 31.0 Å². The third-order valence-electron chi connectivity index (χ3n) is 2.17. The fourth-order valence-corrected chi connectivity index (χ4v) is 5.16. The third-order valence-corrected chi connectivity index (χ3v) is 6.04. The molecule has 0 fully saturated rings. The van der Waals surface area contributed by atoms with Gasteiger partial charge < -0.3 is 5.11 Å². The van der Waals surface area contributed by atoms with Crippen LogP contribution in [0.15, 0.2) is 10.3 Å². The smallest absolute Gasteiger partial charge is 0.242 e. The molecule has 4 nitrogen and oxygen atoms in total. The van der Waals surface area contributed by atoms with E-state index < -0.39 is 10.0 Å². The number of aliphatic hydroxyl groups is 1. The van der Waals surface area contributed by atoms with Gasteiger partial charge >= 0.3 is 0 Å². The minimum Gasteiger partial charge on any atom is -0.391 e. The zero-order valence-corrected chi connectivity index (χ0v) is 12.5. The van der Waals surface area contributed by atoms with Gasteiger partial charge in [0.15, 0.2) is 0 Å². The first-order valence-corrected chi connectivity index (χ1v) is 8.87. The molecule has 0 aliphatic rings. The maximum atomic E-state index is 12.2. The first-order valence-electron chi connectivity index (χ1n) is 5.11. The summed E-state index contributed by atoms with van der Waals surface area (Å²) in [6, 6.07) is -0.124. The average molecular weight is 295 g/mol. The molecule has 0 amide bonds. The molecule has 1 aromatic rings. The molecule has 17 heavy (non-hydrogen) atoms. The first-order chi connectivity index (χ1) is 7.92. The molecule has 0 aliphatic heterocycles. The van der Waals surface area contributed by atoms with Crippen molar-refractivity contribution in [1.29, 1.82) is 0 Å². The van der Waals surface area contributed by atoms with Crippen LogP contribution in [0.5, 0.6) is 0 Å². The van der Waals surface area contributed by atoms with Gasteiger partial charge in [-0.15, -0.1) is 11.3 Å². The molecule has 1 unspecified atom stereocenters. The highest BCUT2D eigenvalue weighted by molar-refractivity contribution is 7.98. The summed E-state index contributed by atoms with van der Waals surface area (Å²) in [5.41, 5.74) is 0.683. The minimum absolute atomic E-state index is 0.124. The maximum Gasteiger partial charge on any atom is 0.242 e. The summed E-state index contributed by atoms with van der Waals surface area (Å²) in [7, 11) is -3.52. The lowest BCUT2D eigenvalue weighted by Crippen LogP contribution is -2.34. The predicted molar refractivity (Wildman–Crippen MR) is 73.1 cm³/mol. The highest BCUT2D eigenvalue weighted by Crippen LogP contribution is 2.26. The van der Waals surface area contributed by atoms with Crippen molar-refractivity contribution in [2.75, 3.05) is 12.0 Å². The molecule has 0 radical (unpaired) electrons. The summed E-state index contributed by atoms with van der Waals surface area (Å²) < 4.78 is 26.9. The Kier molecular flexibility index (Phi) is 5.46. The fourth-order valence-electron chi connectivity index (χ4n) is 1.57. The second-order valence-corrected chi connectivity index (χ2v) is 7.33. The van der Waals surface area contributed by atoms with Crippen molar-refractivity contribution in [3.8, 4) is 0 Å². The standard InChI is InChI=1S/C10H17NO3S3/c1-7-5-16-9(4-12)10(7)17(13,14)11-8(2)6-15-3/h5,8,11-12H,4,6H2,1-3H3. The maximum absolute atomic E-state index is 12.2. The van der Waals surface area contributed by atoms with Crippen LogP contribution in [0.4, 0.5) is 0 Å². The van der Waals surface area contributed by atoms with Crippen LogP contribution in [-0.4, -0.2) is 31.6 Å². The van der Waals surface area contributed by atoms with Gasteiger partial charge in [0.25, 0.3) is 0 Å². The van der Waals surface area contributed by atoms with Crippen molar-refractivity contribution >= 4 is 33.1 Å². The number of nitrogens with one attached hydrogen (secondary N) is 1. The Labute approximate surface area is 110 Å². The van der Waals surface area contributed by atoms with E-state index in [0.29, 0.717) is 10.4 Å². The summed E-state index contributed by atoms with van der Waals surface area (Å²) in [6.45, 7) is 3.32. The Morgan fingerprint density at radius 3 is 2.76 bits per heavy atom. The zero-order chi connectivity index (χ0) is 13.1. The molecular weight excluding hydrogens is 278 g/mol. The van der Waals surface area contributed by atoms with E-state index in [9.17, 15) is 8.42 Å². The van der Waals surface area contributed by atoms with E-state index in [1.807, 2.05) is 13.2 Å². The van der Waals surface area contributed by atoms with E-state index in [4.69, 9.17) is 5.11 Å². The topological polar surface area (TPSA) is 66.4 Å². The molecule has 0 bridgehead atoms. The summed E-state index contributed by atoms with van der Waals surface area (Å²) in [6.07, 6.45) is 1.93. The lowest BCUT2D eigenvalue weighted by atomic mass is 10.3. The Bertz CT molecular complexity index is 467. The summed E-state index contributed by atoms with van der Waals surface area (Å²) in [5, 5.41) is 10.9. The number of thiophene rings is 1. The minimum atomic E-state index is -3.52. The number of hydrogen-bond donors (Lipinski definition) is 2. The van der Waals surface area contributed by atoms with Gasteiger partial charge in [0.2, 0.25) is 10.0 Å². The number of thioether (sulfide) groups is 1. The van der Waals surface area contributed by atoms with Crippen LogP contribution in [0, 0.1) is 6.92 Å². The number of sulfonamides is 1. The molecule has 1 aromatic heterocycles. The monoisotopic (exact) mass is 295 g/mol. The average Bonchev–Trinajstić information content (AvgIpc) is 2.59. The van der Waals surface area contributed by atoms with Crippen molar-refractivity contribution in [1.82, 2.24) is 4.72 Å². The van der Waals surface area contributed by atoms with Gasteiger partial charge in [0.05, 0.1) is 11.5 Å². The Balaban J connectivity index is 3.00. The zero-order valence-electron chi connectivity index (χ0n) is 10.1. The molecule has 1 heterocycles. The van der Waals surface area contributed by atoms with Crippen LogP contribution in [0.1, 0.15) is 17.4 Å². The molecule has 7 heteroatoms. The van der Waals surface area contributed by atoms with Gasteiger partial charge in [0, 0.05) is 11.8 Å². The van der Waals surface area contributed by atoms with Crippen molar-refractivity contribution in [3.05, 3.63) is 15.8 Å². The Morgan fingerprint density at radius 1 is 1.59 bits per heavy atom. The number of aryl methyl sites for hydroxylation is 1. The summed E-state index contributed by atoms with van der Waals surface area (Å²) in [5.74, 6) is 0.719. The van der Waals surface area contributed by atoms with Crippen LogP contribution >= 0.6 is 23.1 Å². The van der Waals surface area contributed by atoms with E-state index >= 15 is 0 Å². The van der Waals surface area contributed by atoms with E-state index in [0.717, 1.165) is 5.75 Å². The van der Waals surface area contributed by atoms with Crippen molar-refractivity contribution < 1.29 is 13.5 Å². The lowest BCUT2D eigenvalue weighted by molar-refractivity contribution is 0.282. The van der Waals surface area contributed by atoms with E-state index in [2.05, 4.69) is 4.72 Å². The molecule has 1 rings (SSSR count). The number of rotatable bonds is 6. The molecule has 0 spiro atoms. The normalized spacial score (nSPS) is 13.9. The molecule has 2 N–H and O–H groups in total. The van der Waals surface area contributed by atoms with Gasteiger partial charge in [-0.3, -0.25) is 0 Å². The predicted octanol–water partition coefficient (Wildman–Crippen LogP) is 1.58. The molecular formula is C10H17NO3S3. The third kappa shape index (κ3) is 3.69. The van der Waals surface area contributed by atoms with Crippen molar-refractivity contribution in [2.45, 2.75) is 31.4 Å². The first kappa shape index (κ1) is 15.0. The largest absolute Gasteiger partial charge is 0.391 e. The quantitative estimate of drug-likeness (QED) is 0.836. The fraction of sp³-hybridized carbons (Fsp3) is 0.600. The van der Waals surface area contributed by atoms with Crippen LogP contribution < -0.4 is 4.72 Å². The molecule has 0 aliphatic carbocycles. The SMILES string of the molecule is CSCC(C)NS(=O)(=O)c1c(C)csc1CO. The van der Waals surface area contributed by atoms with Crippen LogP contribution in [0.3, 0.4) is 0 Å². The van der Waals surface area contributed by atoms with E-state index in [1.165, 1.54) is 11.3 Å². The van der Waals surface area contributed by atoms with Gasteiger partial charge in [-0.1, -0.05) is 0 Å². The van der Waals surface area contributed by atoms with Gasteiger partial charge in [-0.2, -0.15) is 11.8 Å². The lowest BCUT2D eigenvalue weighted by Gasteiger charge is -2.13. The summed E-state index contributed by atoms with van der Waals surface area (Å²) >= 11 is 2.86. The molecule has 0 aromatic carbocycles. The highest BCUT2D eigenvalue weighted by Gasteiger charge is 2.24. The van der Waals surface area contributed by atoms with E-state index in [-0.39, 0.29) is 17.5 Å². The van der Waals surface area contributed by atoms with Gasteiger partial charge in [0.1, 0.15) is 4.90 Å². The molecule has 0 saturated heterocycles. The number of aliphatic hydroxyl groups excluding tert-OH is 1. The second kappa shape index (κ2) is 6.19. The Morgan fingerprint density at radius 2 is 2.24 bits per heavy atom.